The standard InChI is InChI=1S/C8H15NO/c1-6-4-9-5-8(10-6)7-2-3-7/h6-9H,2-5H2,1H3. The van der Waals surface area contributed by atoms with Gasteiger partial charge in [0.15, 0.2) is 0 Å². The maximum absolute atomic E-state index is 5.75. The van der Waals surface area contributed by atoms with Gasteiger partial charge in [-0.25, -0.2) is 0 Å². The first-order valence-corrected chi connectivity index (χ1v) is 4.22. The summed E-state index contributed by atoms with van der Waals surface area (Å²) in [6, 6.07) is 0. The fourth-order valence-corrected chi connectivity index (χ4v) is 1.57. The largest absolute Gasteiger partial charge is 0.372 e. The molecule has 0 spiro atoms. The van der Waals surface area contributed by atoms with Gasteiger partial charge in [-0.2, -0.15) is 0 Å². The van der Waals surface area contributed by atoms with E-state index in [-0.39, 0.29) is 0 Å². The lowest BCUT2D eigenvalue weighted by Crippen LogP contribution is -2.44. The second-order valence-corrected chi connectivity index (χ2v) is 3.48. The van der Waals surface area contributed by atoms with Crippen molar-refractivity contribution in [2.45, 2.75) is 32.0 Å². The fraction of sp³-hybridized carbons (Fsp3) is 1.00. The van der Waals surface area contributed by atoms with E-state index < -0.39 is 0 Å². The summed E-state index contributed by atoms with van der Waals surface area (Å²) in [4.78, 5) is 0. The van der Waals surface area contributed by atoms with Crippen LogP contribution in [0.2, 0.25) is 0 Å². The van der Waals surface area contributed by atoms with E-state index in [0.29, 0.717) is 12.2 Å². The maximum atomic E-state index is 5.75. The van der Waals surface area contributed by atoms with E-state index in [4.69, 9.17) is 4.74 Å². The van der Waals surface area contributed by atoms with Crippen molar-refractivity contribution in [3.63, 3.8) is 0 Å². The van der Waals surface area contributed by atoms with Crippen molar-refractivity contribution in [1.82, 2.24) is 5.32 Å². The molecule has 2 nitrogen and oxygen atoms in total. The molecule has 0 aromatic carbocycles. The Morgan fingerprint density at radius 3 is 2.70 bits per heavy atom. The minimum Gasteiger partial charge on any atom is -0.372 e. The first-order chi connectivity index (χ1) is 4.86. The van der Waals surface area contributed by atoms with Crippen LogP contribution in [0.15, 0.2) is 0 Å². The molecule has 10 heavy (non-hydrogen) atoms. The maximum Gasteiger partial charge on any atom is 0.0731 e. The number of morpholine rings is 1. The molecular formula is C8H15NO. The van der Waals surface area contributed by atoms with E-state index in [1.165, 1.54) is 12.8 Å². The van der Waals surface area contributed by atoms with Gasteiger partial charge in [0.2, 0.25) is 0 Å². The zero-order valence-electron chi connectivity index (χ0n) is 6.47. The summed E-state index contributed by atoms with van der Waals surface area (Å²) in [7, 11) is 0. The van der Waals surface area contributed by atoms with Crippen molar-refractivity contribution in [3.05, 3.63) is 0 Å². The van der Waals surface area contributed by atoms with Crippen LogP contribution in [-0.4, -0.2) is 25.3 Å². The van der Waals surface area contributed by atoms with Crippen LogP contribution in [0, 0.1) is 5.92 Å². The third-order valence-electron chi connectivity index (χ3n) is 2.33. The molecule has 1 aliphatic carbocycles. The van der Waals surface area contributed by atoms with Crippen LogP contribution in [-0.2, 0) is 4.74 Å². The molecule has 0 aromatic heterocycles. The Balaban J connectivity index is 1.84. The number of hydrogen-bond donors (Lipinski definition) is 1. The van der Waals surface area contributed by atoms with Gasteiger partial charge in [0.25, 0.3) is 0 Å². The molecule has 0 radical (unpaired) electrons. The Hall–Kier alpha value is -0.0800. The Kier molecular flexibility index (Phi) is 1.66. The average molecular weight is 141 g/mol. The van der Waals surface area contributed by atoms with Crippen molar-refractivity contribution >= 4 is 0 Å². The van der Waals surface area contributed by atoms with Crippen LogP contribution < -0.4 is 5.32 Å². The van der Waals surface area contributed by atoms with Crippen molar-refractivity contribution in [2.24, 2.45) is 5.92 Å². The minimum atomic E-state index is 0.430. The molecular weight excluding hydrogens is 126 g/mol. The topological polar surface area (TPSA) is 21.3 Å². The van der Waals surface area contributed by atoms with Crippen LogP contribution >= 0.6 is 0 Å². The van der Waals surface area contributed by atoms with E-state index in [0.717, 1.165) is 19.0 Å². The third kappa shape index (κ3) is 1.32. The van der Waals surface area contributed by atoms with Crippen LogP contribution in [0.1, 0.15) is 19.8 Å². The van der Waals surface area contributed by atoms with E-state index in [9.17, 15) is 0 Å². The van der Waals surface area contributed by atoms with Gasteiger partial charge in [0.1, 0.15) is 0 Å². The summed E-state index contributed by atoms with van der Waals surface area (Å²) >= 11 is 0. The fourth-order valence-electron chi connectivity index (χ4n) is 1.57. The van der Waals surface area contributed by atoms with Gasteiger partial charge in [-0.1, -0.05) is 0 Å². The van der Waals surface area contributed by atoms with Crippen LogP contribution in [0.5, 0.6) is 0 Å². The molecule has 1 saturated heterocycles. The SMILES string of the molecule is CC1CNCC(C2CC2)O1. The minimum absolute atomic E-state index is 0.430. The Morgan fingerprint density at radius 2 is 2.10 bits per heavy atom. The second kappa shape index (κ2) is 2.51. The van der Waals surface area contributed by atoms with Crippen LogP contribution in [0.4, 0.5) is 0 Å². The van der Waals surface area contributed by atoms with Gasteiger partial charge in [-0.05, 0) is 25.7 Å². The zero-order valence-corrected chi connectivity index (χ0v) is 6.47. The molecule has 2 unspecified atom stereocenters. The number of hydrogen-bond acceptors (Lipinski definition) is 2. The Morgan fingerprint density at radius 1 is 1.30 bits per heavy atom. The second-order valence-electron chi connectivity index (χ2n) is 3.48. The number of ether oxygens (including phenoxy) is 1. The van der Waals surface area contributed by atoms with Gasteiger partial charge in [0, 0.05) is 13.1 Å². The molecule has 1 aliphatic heterocycles. The van der Waals surface area contributed by atoms with E-state index in [1.54, 1.807) is 0 Å². The monoisotopic (exact) mass is 141 g/mol. The summed E-state index contributed by atoms with van der Waals surface area (Å²) < 4.78 is 5.75. The lowest BCUT2D eigenvalue weighted by atomic mass is 10.2. The van der Waals surface area contributed by atoms with Gasteiger partial charge in [-0.3, -0.25) is 0 Å². The molecule has 1 heterocycles. The highest BCUT2D eigenvalue weighted by atomic mass is 16.5. The van der Waals surface area contributed by atoms with E-state index in [1.807, 2.05) is 0 Å². The lowest BCUT2D eigenvalue weighted by molar-refractivity contribution is -0.0380. The molecule has 1 saturated carbocycles. The molecule has 2 fully saturated rings. The van der Waals surface area contributed by atoms with Crippen molar-refractivity contribution in [1.29, 1.82) is 0 Å². The Labute approximate surface area is 61.9 Å². The summed E-state index contributed by atoms with van der Waals surface area (Å²) in [6.45, 7) is 4.25. The summed E-state index contributed by atoms with van der Waals surface area (Å²) in [6.07, 6.45) is 3.74. The first kappa shape index (κ1) is 6.62. The van der Waals surface area contributed by atoms with Crippen molar-refractivity contribution in [3.8, 4) is 0 Å². The zero-order chi connectivity index (χ0) is 6.97. The quantitative estimate of drug-likeness (QED) is 0.582. The molecule has 2 heteroatoms. The number of rotatable bonds is 1. The van der Waals surface area contributed by atoms with Gasteiger partial charge in [-0.15, -0.1) is 0 Å². The predicted octanol–water partition coefficient (Wildman–Crippen LogP) is 0.773. The molecule has 0 bridgehead atoms. The Bertz CT molecular complexity index is 122. The lowest BCUT2D eigenvalue weighted by Gasteiger charge is -2.28. The van der Waals surface area contributed by atoms with Gasteiger partial charge >= 0.3 is 0 Å². The van der Waals surface area contributed by atoms with E-state index in [2.05, 4.69) is 12.2 Å². The van der Waals surface area contributed by atoms with Crippen LogP contribution in [0.25, 0.3) is 0 Å². The molecule has 1 N–H and O–H groups in total. The van der Waals surface area contributed by atoms with E-state index >= 15 is 0 Å². The summed E-state index contributed by atoms with van der Waals surface area (Å²) in [5, 5.41) is 3.38. The molecule has 0 amide bonds. The summed E-state index contributed by atoms with van der Waals surface area (Å²) in [5.41, 5.74) is 0. The van der Waals surface area contributed by atoms with Crippen LogP contribution in [0.3, 0.4) is 0 Å². The molecule has 2 atom stereocenters. The molecule has 0 aromatic rings. The first-order valence-electron chi connectivity index (χ1n) is 4.22. The van der Waals surface area contributed by atoms with Crippen molar-refractivity contribution < 1.29 is 4.74 Å². The highest BCUT2D eigenvalue weighted by Crippen LogP contribution is 2.35. The normalized spacial score (nSPS) is 41.7. The highest BCUT2D eigenvalue weighted by molar-refractivity contribution is 4.86. The van der Waals surface area contributed by atoms with Crippen molar-refractivity contribution in [2.75, 3.05) is 13.1 Å². The third-order valence-corrected chi connectivity index (χ3v) is 2.33. The molecule has 2 rings (SSSR count). The number of nitrogens with one attached hydrogen (secondary N) is 1. The average Bonchev–Trinajstić information content (AvgIpc) is 2.68. The molecule has 2 aliphatic rings. The summed E-state index contributed by atoms with van der Waals surface area (Å²) in [5.74, 6) is 0.884. The van der Waals surface area contributed by atoms with Gasteiger partial charge < -0.3 is 10.1 Å². The smallest absolute Gasteiger partial charge is 0.0731 e. The predicted molar refractivity (Wildman–Crippen MR) is 39.9 cm³/mol. The van der Waals surface area contributed by atoms with Gasteiger partial charge in [0.05, 0.1) is 12.2 Å². The molecule has 58 valence electrons. The highest BCUT2D eigenvalue weighted by Gasteiger charge is 2.34.